The Hall–Kier alpha value is -1.56. The van der Waals surface area contributed by atoms with E-state index in [1.807, 2.05) is 0 Å². The van der Waals surface area contributed by atoms with Gasteiger partial charge in [0.1, 0.15) is 31.0 Å². The number of esters is 2. The Kier molecular flexibility index (Phi) is 31.7. The average Bonchev–Trinajstić information content (AvgIpc) is 3.14. The van der Waals surface area contributed by atoms with Gasteiger partial charge in [0.05, 0.1) is 13.2 Å². The Balaban J connectivity index is 2.33. The number of aliphatic hydroxyl groups is 4. The molecule has 6 unspecified atom stereocenters. The molecule has 0 aromatic carbocycles. The first-order valence-corrected chi connectivity index (χ1v) is 21.3. The minimum Gasteiger partial charge on any atom is -0.462 e. The minimum atomic E-state index is -1.59. The summed E-state index contributed by atoms with van der Waals surface area (Å²) < 4.78 is 22.1. The summed E-state index contributed by atoms with van der Waals surface area (Å²) in [5.41, 5.74) is 0. The predicted octanol–water partition coefficient (Wildman–Crippen LogP) is 8.39. The molecule has 10 nitrogen and oxygen atoms in total. The number of allylic oxidation sites excluding steroid dienone is 2. The Bertz CT molecular complexity index is 866. The van der Waals surface area contributed by atoms with Crippen molar-refractivity contribution in [2.75, 3.05) is 19.8 Å². The van der Waals surface area contributed by atoms with Crippen molar-refractivity contribution in [2.45, 2.75) is 224 Å². The zero-order valence-electron chi connectivity index (χ0n) is 33.1. The van der Waals surface area contributed by atoms with E-state index in [2.05, 4.69) is 26.0 Å². The first-order valence-electron chi connectivity index (χ1n) is 21.3. The third kappa shape index (κ3) is 25.5. The largest absolute Gasteiger partial charge is 0.462 e. The molecule has 0 aliphatic carbocycles. The van der Waals surface area contributed by atoms with Crippen molar-refractivity contribution >= 4 is 11.9 Å². The summed E-state index contributed by atoms with van der Waals surface area (Å²) in [6.07, 6.45) is 26.5. The number of rotatable bonds is 35. The van der Waals surface area contributed by atoms with E-state index in [9.17, 15) is 30.0 Å². The predicted molar refractivity (Wildman–Crippen MR) is 206 cm³/mol. The molecule has 1 rings (SSSR count). The topological polar surface area (TPSA) is 152 Å². The van der Waals surface area contributed by atoms with Crippen LogP contribution in [0.4, 0.5) is 0 Å². The van der Waals surface area contributed by atoms with Crippen molar-refractivity contribution in [3.63, 3.8) is 0 Å². The average molecular weight is 743 g/mol. The van der Waals surface area contributed by atoms with Gasteiger partial charge in [-0.1, -0.05) is 154 Å². The van der Waals surface area contributed by atoms with Crippen LogP contribution in [-0.2, 0) is 28.5 Å². The van der Waals surface area contributed by atoms with Crippen molar-refractivity contribution < 1.29 is 49.0 Å². The van der Waals surface area contributed by atoms with Crippen LogP contribution >= 0.6 is 0 Å². The van der Waals surface area contributed by atoms with Crippen LogP contribution < -0.4 is 0 Å². The van der Waals surface area contributed by atoms with E-state index in [1.165, 1.54) is 96.3 Å². The number of ether oxygens (including phenoxy) is 4. The first-order chi connectivity index (χ1) is 25.3. The monoisotopic (exact) mass is 743 g/mol. The fourth-order valence-electron chi connectivity index (χ4n) is 6.46. The lowest BCUT2D eigenvalue weighted by molar-refractivity contribution is -0.305. The van der Waals surface area contributed by atoms with Gasteiger partial charge in [-0.2, -0.15) is 0 Å². The van der Waals surface area contributed by atoms with Gasteiger partial charge in [-0.15, -0.1) is 0 Å². The van der Waals surface area contributed by atoms with Gasteiger partial charge in [0.25, 0.3) is 0 Å². The molecule has 6 atom stereocenters. The van der Waals surface area contributed by atoms with Crippen LogP contribution in [0.25, 0.3) is 0 Å². The van der Waals surface area contributed by atoms with E-state index in [1.54, 1.807) is 0 Å². The maximum absolute atomic E-state index is 12.7. The molecule has 0 saturated carbocycles. The van der Waals surface area contributed by atoms with Gasteiger partial charge in [0, 0.05) is 12.8 Å². The van der Waals surface area contributed by atoms with Gasteiger partial charge in [0.2, 0.25) is 0 Å². The summed E-state index contributed by atoms with van der Waals surface area (Å²) in [6.45, 7) is 3.38. The van der Waals surface area contributed by atoms with Crippen LogP contribution in [0.1, 0.15) is 187 Å². The summed E-state index contributed by atoms with van der Waals surface area (Å²) >= 11 is 0. The second kappa shape index (κ2) is 34.0. The summed E-state index contributed by atoms with van der Waals surface area (Å²) in [5.74, 6) is -0.811. The molecule has 0 bridgehead atoms. The lowest BCUT2D eigenvalue weighted by atomic mass is 9.99. The normalized spacial score (nSPS) is 21.1. The van der Waals surface area contributed by atoms with E-state index < -0.39 is 49.4 Å². The molecule has 1 aliphatic rings. The van der Waals surface area contributed by atoms with E-state index in [4.69, 9.17) is 18.9 Å². The quantitative estimate of drug-likeness (QED) is 0.0283. The van der Waals surface area contributed by atoms with Crippen LogP contribution in [0.3, 0.4) is 0 Å². The van der Waals surface area contributed by atoms with Crippen LogP contribution in [0.5, 0.6) is 0 Å². The van der Waals surface area contributed by atoms with Crippen molar-refractivity contribution in [3.8, 4) is 0 Å². The third-order valence-electron chi connectivity index (χ3n) is 9.90. The Morgan fingerprint density at radius 3 is 1.56 bits per heavy atom. The smallest absolute Gasteiger partial charge is 0.306 e. The number of aliphatic hydroxyl groups excluding tert-OH is 4. The van der Waals surface area contributed by atoms with Crippen LogP contribution in [0.2, 0.25) is 0 Å². The van der Waals surface area contributed by atoms with E-state index >= 15 is 0 Å². The van der Waals surface area contributed by atoms with Crippen LogP contribution in [0, 0.1) is 0 Å². The second-order valence-electron chi connectivity index (χ2n) is 14.8. The molecule has 1 aliphatic heterocycles. The van der Waals surface area contributed by atoms with Crippen LogP contribution in [0.15, 0.2) is 12.2 Å². The highest BCUT2D eigenvalue weighted by atomic mass is 16.7. The first kappa shape index (κ1) is 48.5. The molecule has 0 radical (unpaired) electrons. The highest BCUT2D eigenvalue weighted by Gasteiger charge is 2.44. The Morgan fingerprint density at radius 1 is 0.577 bits per heavy atom. The molecular weight excluding hydrogens is 664 g/mol. The van der Waals surface area contributed by atoms with E-state index in [-0.39, 0.29) is 32.0 Å². The van der Waals surface area contributed by atoms with E-state index in [0.29, 0.717) is 6.42 Å². The van der Waals surface area contributed by atoms with Crippen molar-refractivity contribution in [1.82, 2.24) is 0 Å². The molecule has 306 valence electrons. The fourth-order valence-corrected chi connectivity index (χ4v) is 6.46. The fraction of sp³-hybridized carbons (Fsp3) is 0.905. The summed E-state index contributed by atoms with van der Waals surface area (Å²) in [5, 5.41) is 40.0. The standard InChI is InChI=1S/C42H78O10/c1-3-5-7-9-11-13-15-16-17-18-19-21-22-24-26-28-30-37(44)49-33-35(34-50-42-41(48)40(47)39(46)36(32-43)52-42)51-38(45)31-29-27-25-23-20-14-12-10-8-6-4-2/h10,12,35-36,39-43,46-48H,3-9,11,13-34H2,1-2H3/b12-10-. The molecule has 0 spiro atoms. The van der Waals surface area contributed by atoms with Gasteiger partial charge in [0.15, 0.2) is 12.4 Å². The Labute approximate surface area is 316 Å². The number of carbonyl (C=O) groups is 2. The molecule has 1 saturated heterocycles. The molecule has 52 heavy (non-hydrogen) atoms. The number of unbranched alkanes of at least 4 members (excludes halogenated alkanes) is 22. The number of hydrogen-bond donors (Lipinski definition) is 4. The van der Waals surface area contributed by atoms with Crippen molar-refractivity contribution in [2.24, 2.45) is 0 Å². The highest BCUT2D eigenvalue weighted by molar-refractivity contribution is 5.70. The zero-order valence-corrected chi connectivity index (χ0v) is 33.1. The molecule has 1 fully saturated rings. The number of hydrogen-bond acceptors (Lipinski definition) is 10. The van der Waals surface area contributed by atoms with Gasteiger partial charge < -0.3 is 39.4 Å². The molecule has 1 heterocycles. The molecule has 4 N–H and O–H groups in total. The molecule has 0 aromatic rings. The highest BCUT2D eigenvalue weighted by Crippen LogP contribution is 2.22. The van der Waals surface area contributed by atoms with Gasteiger partial charge >= 0.3 is 11.9 Å². The van der Waals surface area contributed by atoms with E-state index in [0.717, 1.165) is 57.8 Å². The third-order valence-corrected chi connectivity index (χ3v) is 9.90. The molecular formula is C42H78O10. The Morgan fingerprint density at radius 2 is 1.04 bits per heavy atom. The summed E-state index contributed by atoms with van der Waals surface area (Å²) in [7, 11) is 0. The second-order valence-corrected chi connectivity index (χ2v) is 14.8. The summed E-state index contributed by atoms with van der Waals surface area (Å²) in [6, 6.07) is 0. The lowest BCUT2D eigenvalue weighted by Crippen LogP contribution is -2.59. The maximum Gasteiger partial charge on any atom is 0.306 e. The molecule has 10 heteroatoms. The maximum atomic E-state index is 12.7. The van der Waals surface area contributed by atoms with Gasteiger partial charge in [-0.25, -0.2) is 0 Å². The number of carbonyl (C=O) groups excluding carboxylic acids is 2. The molecule has 0 aromatic heterocycles. The molecule has 0 amide bonds. The van der Waals surface area contributed by atoms with Gasteiger partial charge in [-0.05, 0) is 32.1 Å². The minimum absolute atomic E-state index is 0.216. The lowest BCUT2D eigenvalue weighted by Gasteiger charge is -2.39. The van der Waals surface area contributed by atoms with Gasteiger partial charge in [-0.3, -0.25) is 9.59 Å². The SMILES string of the molecule is CCCC/C=C\CCCCCCCC(=O)OC(COC(=O)CCCCCCCCCCCCCCCCCC)COC1OC(CO)C(O)C(O)C1O. The van der Waals surface area contributed by atoms with Crippen molar-refractivity contribution in [1.29, 1.82) is 0 Å². The van der Waals surface area contributed by atoms with Crippen LogP contribution in [-0.4, -0.2) is 89.0 Å². The van der Waals surface area contributed by atoms with Crippen molar-refractivity contribution in [3.05, 3.63) is 12.2 Å². The zero-order chi connectivity index (χ0) is 38.1. The summed E-state index contributed by atoms with van der Waals surface area (Å²) in [4.78, 5) is 25.2.